The standard InChI is InChI=1S/C15H14BrN5O/c1-19-13-5-3-2-4-12(13)14(18-19)15(22)20-8-11(9-20)21-7-10(16)6-17-21/h2-7,11H,8-9H2,1H3. The Morgan fingerprint density at radius 1 is 1.32 bits per heavy atom. The molecule has 1 aromatic carbocycles. The van der Waals surface area contributed by atoms with Crippen molar-refractivity contribution < 1.29 is 4.79 Å². The molecular weight excluding hydrogens is 346 g/mol. The van der Waals surface area contributed by atoms with Gasteiger partial charge in [-0.15, -0.1) is 0 Å². The second kappa shape index (κ2) is 4.95. The second-order valence-electron chi connectivity index (χ2n) is 5.49. The number of aryl methyl sites for hydroxylation is 1. The van der Waals surface area contributed by atoms with Gasteiger partial charge in [0.25, 0.3) is 5.91 Å². The Kier molecular flexibility index (Phi) is 3.04. The van der Waals surface area contributed by atoms with E-state index in [1.54, 1.807) is 10.9 Å². The van der Waals surface area contributed by atoms with Gasteiger partial charge >= 0.3 is 0 Å². The number of rotatable bonds is 2. The molecule has 0 bridgehead atoms. The van der Waals surface area contributed by atoms with Crippen LogP contribution in [0.25, 0.3) is 10.9 Å². The summed E-state index contributed by atoms with van der Waals surface area (Å²) in [6.07, 6.45) is 3.69. The van der Waals surface area contributed by atoms with Crippen LogP contribution < -0.4 is 0 Å². The molecule has 0 radical (unpaired) electrons. The number of nitrogens with zero attached hydrogens (tertiary/aromatic N) is 5. The summed E-state index contributed by atoms with van der Waals surface area (Å²) >= 11 is 3.39. The smallest absolute Gasteiger partial charge is 0.275 e. The Morgan fingerprint density at radius 2 is 2.09 bits per heavy atom. The highest BCUT2D eigenvalue weighted by molar-refractivity contribution is 9.10. The fourth-order valence-corrected chi connectivity index (χ4v) is 3.13. The zero-order valence-corrected chi connectivity index (χ0v) is 13.6. The molecule has 0 atom stereocenters. The molecular formula is C15H14BrN5O. The summed E-state index contributed by atoms with van der Waals surface area (Å²) in [6, 6.07) is 8.04. The first-order chi connectivity index (χ1) is 10.6. The summed E-state index contributed by atoms with van der Waals surface area (Å²) in [4.78, 5) is 14.5. The van der Waals surface area contributed by atoms with Gasteiger partial charge in [0.1, 0.15) is 0 Å². The van der Waals surface area contributed by atoms with E-state index in [1.165, 1.54) is 0 Å². The second-order valence-corrected chi connectivity index (χ2v) is 6.41. The van der Waals surface area contributed by atoms with Gasteiger partial charge in [0, 0.05) is 31.7 Å². The third-order valence-electron chi connectivity index (χ3n) is 4.05. The molecule has 112 valence electrons. The van der Waals surface area contributed by atoms with Crippen LogP contribution >= 0.6 is 15.9 Å². The molecule has 7 heteroatoms. The van der Waals surface area contributed by atoms with E-state index >= 15 is 0 Å². The zero-order chi connectivity index (χ0) is 15.3. The lowest BCUT2D eigenvalue weighted by molar-refractivity contribution is 0.0496. The number of hydrogen-bond donors (Lipinski definition) is 0. The van der Waals surface area contributed by atoms with Gasteiger partial charge in [0.15, 0.2) is 5.69 Å². The number of hydrogen-bond acceptors (Lipinski definition) is 3. The molecule has 1 fully saturated rings. The van der Waals surface area contributed by atoms with Gasteiger partial charge in [-0.2, -0.15) is 10.2 Å². The predicted octanol–water partition coefficient (Wildman–Crippen LogP) is 2.23. The Bertz CT molecular complexity index is 862. The van der Waals surface area contributed by atoms with Gasteiger partial charge in [-0.05, 0) is 22.0 Å². The average Bonchev–Trinajstić information content (AvgIpc) is 3.02. The number of amides is 1. The maximum absolute atomic E-state index is 12.6. The fourth-order valence-electron chi connectivity index (χ4n) is 2.82. The Morgan fingerprint density at radius 3 is 2.82 bits per heavy atom. The van der Waals surface area contributed by atoms with Crippen molar-refractivity contribution in [1.29, 1.82) is 0 Å². The van der Waals surface area contributed by atoms with Crippen molar-refractivity contribution in [2.24, 2.45) is 7.05 Å². The van der Waals surface area contributed by atoms with E-state index in [-0.39, 0.29) is 11.9 Å². The third-order valence-corrected chi connectivity index (χ3v) is 4.46. The van der Waals surface area contributed by atoms with E-state index < -0.39 is 0 Å². The SMILES string of the molecule is Cn1nc(C(=O)N2CC(n3cc(Br)cn3)C2)c2ccccc21. The van der Waals surface area contributed by atoms with Gasteiger partial charge in [-0.3, -0.25) is 14.2 Å². The monoisotopic (exact) mass is 359 g/mol. The highest BCUT2D eigenvalue weighted by Gasteiger charge is 2.34. The van der Waals surface area contributed by atoms with Crippen molar-refractivity contribution in [3.8, 4) is 0 Å². The maximum atomic E-state index is 12.6. The van der Waals surface area contributed by atoms with Crippen LogP contribution in [0, 0.1) is 0 Å². The van der Waals surface area contributed by atoms with Crippen LogP contribution in [0.2, 0.25) is 0 Å². The molecule has 1 aliphatic rings. The molecule has 0 unspecified atom stereocenters. The Labute approximate surface area is 135 Å². The number of aromatic nitrogens is 4. The van der Waals surface area contributed by atoms with Gasteiger partial charge in [0.05, 0.1) is 22.2 Å². The molecule has 0 spiro atoms. The summed E-state index contributed by atoms with van der Waals surface area (Å²) in [7, 11) is 1.86. The molecule has 1 amide bonds. The first-order valence-corrected chi connectivity index (χ1v) is 7.83. The van der Waals surface area contributed by atoms with Crippen LogP contribution in [0.5, 0.6) is 0 Å². The summed E-state index contributed by atoms with van der Waals surface area (Å²) < 4.78 is 4.60. The van der Waals surface area contributed by atoms with E-state index in [1.807, 2.05) is 47.1 Å². The maximum Gasteiger partial charge on any atom is 0.275 e. The van der Waals surface area contributed by atoms with E-state index in [2.05, 4.69) is 26.1 Å². The van der Waals surface area contributed by atoms with Crippen LogP contribution in [0.1, 0.15) is 16.5 Å². The normalized spacial score (nSPS) is 15.3. The molecule has 1 aliphatic heterocycles. The van der Waals surface area contributed by atoms with Gasteiger partial charge in [0.2, 0.25) is 0 Å². The van der Waals surface area contributed by atoms with Crippen molar-refractivity contribution in [1.82, 2.24) is 24.5 Å². The Balaban J connectivity index is 1.56. The average molecular weight is 360 g/mol. The van der Waals surface area contributed by atoms with E-state index in [4.69, 9.17) is 0 Å². The highest BCUT2D eigenvalue weighted by atomic mass is 79.9. The van der Waals surface area contributed by atoms with Crippen molar-refractivity contribution in [2.45, 2.75) is 6.04 Å². The first kappa shape index (κ1) is 13.5. The van der Waals surface area contributed by atoms with Gasteiger partial charge < -0.3 is 4.90 Å². The van der Waals surface area contributed by atoms with E-state index in [9.17, 15) is 4.79 Å². The molecule has 0 N–H and O–H groups in total. The molecule has 2 aromatic heterocycles. The third kappa shape index (κ3) is 2.04. The Hall–Kier alpha value is -2.15. The van der Waals surface area contributed by atoms with E-state index in [0.717, 1.165) is 15.4 Å². The van der Waals surface area contributed by atoms with Crippen molar-refractivity contribution >= 4 is 32.7 Å². The zero-order valence-electron chi connectivity index (χ0n) is 12.0. The number of fused-ring (bicyclic) bond motifs is 1. The minimum Gasteiger partial charge on any atom is -0.333 e. The lowest BCUT2D eigenvalue weighted by atomic mass is 10.1. The largest absolute Gasteiger partial charge is 0.333 e. The summed E-state index contributed by atoms with van der Waals surface area (Å²) in [5, 5.41) is 9.56. The molecule has 3 aromatic rings. The van der Waals surface area contributed by atoms with Crippen LogP contribution in [0.3, 0.4) is 0 Å². The van der Waals surface area contributed by atoms with Gasteiger partial charge in [-0.25, -0.2) is 0 Å². The number of carbonyl (C=O) groups is 1. The number of benzene rings is 1. The molecule has 4 rings (SSSR count). The lowest BCUT2D eigenvalue weighted by Gasteiger charge is -2.38. The number of halogens is 1. The summed E-state index contributed by atoms with van der Waals surface area (Å²) in [6.45, 7) is 1.33. The van der Waals surface area contributed by atoms with Crippen molar-refractivity contribution in [3.63, 3.8) is 0 Å². The lowest BCUT2D eigenvalue weighted by Crippen LogP contribution is -2.51. The van der Waals surface area contributed by atoms with Crippen LogP contribution in [0.4, 0.5) is 0 Å². The molecule has 0 aliphatic carbocycles. The topological polar surface area (TPSA) is 56.0 Å². The number of likely N-dealkylation sites (tertiary alicyclic amines) is 1. The molecule has 6 nitrogen and oxygen atoms in total. The quantitative estimate of drug-likeness (QED) is 0.704. The van der Waals surface area contributed by atoms with Crippen LogP contribution in [-0.2, 0) is 7.05 Å². The van der Waals surface area contributed by atoms with Gasteiger partial charge in [-0.1, -0.05) is 18.2 Å². The summed E-state index contributed by atoms with van der Waals surface area (Å²) in [5.41, 5.74) is 1.50. The highest BCUT2D eigenvalue weighted by Crippen LogP contribution is 2.26. The fraction of sp³-hybridized carbons (Fsp3) is 0.267. The molecule has 0 saturated carbocycles. The van der Waals surface area contributed by atoms with Crippen molar-refractivity contribution in [2.75, 3.05) is 13.1 Å². The minimum absolute atomic E-state index is 0.0146. The number of para-hydroxylation sites is 1. The molecule has 3 heterocycles. The molecule has 22 heavy (non-hydrogen) atoms. The predicted molar refractivity (Wildman–Crippen MR) is 85.6 cm³/mol. The minimum atomic E-state index is -0.0146. The van der Waals surface area contributed by atoms with Crippen LogP contribution in [0.15, 0.2) is 41.1 Å². The molecule has 1 saturated heterocycles. The van der Waals surface area contributed by atoms with Crippen LogP contribution in [-0.4, -0.2) is 43.5 Å². The number of carbonyl (C=O) groups excluding carboxylic acids is 1. The summed E-state index contributed by atoms with van der Waals surface area (Å²) in [5.74, 6) is -0.0146. The van der Waals surface area contributed by atoms with E-state index in [0.29, 0.717) is 18.8 Å². The van der Waals surface area contributed by atoms with Crippen molar-refractivity contribution in [3.05, 3.63) is 46.8 Å². The first-order valence-electron chi connectivity index (χ1n) is 7.04.